The quantitative estimate of drug-likeness (QED) is 0.525. The van der Waals surface area contributed by atoms with Gasteiger partial charge in [0.2, 0.25) is 5.95 Å². The normalized spacial score (nSPS) is 19.4. The first-order valence-corrected chi connectivity index (χ1v) is 7.36. The number of anilines is 1. The number of aromatic nitrogens is 2. The largest absolute Gasteiger partial charge is 0.374 e. The van der Waals surface area contributed by atoms with Gasteiger partial charge in [-0.1, -0.05) is 15.9 Å². The number of hydrogen-bond acceptors (Lipinski definition) is 5. The number of nitro benzene ring substituents is 1. The van der Waals surface area contributed by atoms with Crippen LogP contribution in [-0.4, -0.2) is 46.0 Å². The second-order valence-corrected chi connectivity index (χ2v) is 5.26. The van der Waals surface area contributed by atoms with Gasteiger partial charge in [0.15, 0.2) is 0 Å². The molecule has 0 saturated carbocycles. The van der Waals surface area contributed by atoms with Crippen molar-refractivity contribution in [2.45, 2.75) is 6.10 Å². The molecule has 0 aliphatic carbocycles. The number of nitrogens with zero attached hydrogens (tertiary/aromatic N) is 3. The Bertz CT molecular complexity index is 645. The summed E-state index contributed by atoms with van der Waals surface area (Å²) >= 11 is 3.41. The van der Waals surface area contributed by atoms with Crippen molar-refractivity contribution in [1.82, 2.24) is 9.97 Å². The molecule has 1 aromatic heterocycles. The predicted molar refractivity (Wildman–Crippen MR) is 78.5 cm³/mol. The van der Waals surface area contributed by atoms with E-state index in [1.807, 2.05) is 0 Å². The molecule has 20 heavy (non-hydrogen) atoms. The van der Waals surface area contributed by atoms with Crippen LogP contribution in [0.1, 0.15) is 0 Å². The van der Waals surface area contributed by atoms with Crippen molar-refractivity contribution >= 4 is 38.6 Å². The van der Waals surface area contributed by atoms with Crippen molar-refractivity contribution in [3.8, 4) is 0 Å². The average Bonchev–Trinajstić information content (AvgIpc) is 2.90. The molecule has 7 nitrogen and oxygen atoms in total. The number of imidazole rings is 1. The maximum Gasteiger partial charge on any atom is 0.271 e. The Balaban J connectivity index is 1.90. The molecule has 1 unspecified atom stereocenters. The van der Waals surface area contributed by atoms with E-state index in [1.54, 1.807) is 6.07 Å². The first kappa shape index (κ1) is 13.3. The zero-order valence-electron chi connectivity index (χ0n) is 10.6. The number of ether oxygens (including phenoxy) is 1. The number of hydrogen-bond donors (Lipinski definition) is 1. The molecule has 3 rings (SSSR count). The molecule has 1 atom stereocenters. The number of H-pyrrole nitrogens is 1. The van der Waals surface area contributed by atoms with E-state index < -0.39 is 4.92 Å². The summed E-state index contributed by atoms with van der Waals surface area (Å²) in [6.07, 6.45) is 0.131. The molecule has 8 heteroatoms. The lowest BCUT2D eigenvalue weighted by atomic mass is 10.3. The maximum atomic E-state index is 10.8. The Morgan fingerprint density at radius 1 is 1.60 bits per heavy atom. The summed E-state index contributed by atoms with van der Waals surface area (Å²) in [5, 5.41) is 11.5. The van der Waals surface area contributed by atoms with E-state index in [1.165, 1.54) is 12.1 Å². The van der Waals surface area contributed by atoms with E-state index >= 15 is 0 Å². The Morgan fingerprint density at radius 3 is 3.20 bits per heavy atom. The highest BCUT2D eigenvalue weighted by Crippen LogP contribution is 2.23. The van der Waals surface area contributed by atoms with Gasteiger partial charge in [-0.2, -0.15) is 0 Å². The van der Waals surface area contributed by atoms with Crippen molar-refractivity contribution in [1.29, 1.82) is 0 Å². The molecule has 106 valence electrons. The van der Waals surface area contributed by atoms with Crippen molar-refractivity contribution in [2.24, 2.45) is 0 Å². The van der Waals surface area contributed by atoms with E-state index in [0.29, 0.717) is 12.1 Å². The summed E-state index contributed by atoms with van der Waals surface area (Å²) in [7, 11) is 0. The highest BCUT2D eigenvalue weighted by Gasteiger charge is 2.22. The number of fused-ring (bicyclic) bond motifs is 1. The summed E-state index contributed by atoms with van der Waals surface area (Å²) in [5.74, 6) is 0.731. The molecule has 0 spiro atoms. The van der Waals surface area contributed by atoms with Gasteiger partial charge in [-0.3, -0.25) is 10.1 Å². The van der Waals surface area contributed by atoms with Gasteiger partial charge in [0.1, 0.15) is 0 Å². The third kappa shape index (κ3) is 2.48. The molecule has 1 fully saturated rings. The minimum absolute atomic E-state index is 0.0630. The van der Waals surface area contributed by atoms with Gasteiger partial charge in [-0.05, 0) is 6.07 Å². The Kier molecular flexibility index (Phi) is 3.58. The highest BCUT2D eigenvalue weighted by molar-refractivity contribution is 9.09. The minimum atomic E-state index is -0.407. The molecule has 1 N–H and O–H groups in total. The monoisotopic (exact) mass is 340 g/mol. The first-order valence-electron chi connectivity index (χ1n) is 6.24. The fourth-order valence-electron chi connectivity index (χ4n) is 2.25. The van der Waals surface area contributed by atoms with E-state index in [2.05, 4.69) is 30.8 Å². The lowest BCUT2D eigenvalue weighted by Gasteiger charge is -2.31. The van der Waals surface area contributed by atoms with Crippen molar-refractivity contribution in [2.75, 3.05) is 29.9 Å². The summed E-state index contributed by atoms with van der Waals surface area (Å²) in [6, 6.07) is 4.64. The Labute approximate surface area is 123 Å². The molecule has 2 aromatic rings. The van der Waals surface area contributed by atoms with Crippen LogP contribution in [0.25, 0.3) is 11.0 Å². The lowest BCUT2D eigenvalue weighted by molar-refractivity contribution is -0.384. The fraction of sp³-hybridized carbons (Fsp3) is 0.417. The molecule has 1 aliphatic heterocycles. The van der Waals surface area contributed by atoms with Gasteiger partial charge in [-0.25, -0.2) is 4.98 Å². The van der Waals surface area contributed by atoms with Crippen molar-refractivity contribution in [3.63, 3.8) is 0 Å². The summed E-state index contributed by atoms with van der Waals surface area (Å²) in [6.45, 7) is 2.14. The van der Waals surface area contributed by atoms with Gasteiger partial charge >= 0.3 is 0 Å². The second kappa shape index (κ2) is 5.37. The van der Waals surface area contributed by atoms with Crippen LogP contribution < -0.4 is 4.90 Å². The zero-order chi connectivity index (χ0) is 14.1. The number of benzene rings is 1. The first-order chi connectivity index (χ1) is 9.67. The molecule has 1 saturated heterocycles. The number of halogens is 1. The molecular weight excluding hydrogens is 328 g/mol. The van der Waals surface area contributed by atoms with Crippen LogP contribution in [0.5, 0.6) is 0 Å². The molecule has 0 radical (unpaired) electrons. The average molecular weight is 341 g/mol. The number of rotatable bonds is 3. The van der Waals surface area contributed by atoms with Crippen molar-refractivity contribution in [3.05, 3.63) is 28.3 Å². The number of alkyl halides is 1. The van der Waals surface area contributed by atoms with E-state index in [-0.39, 0.29) is 11.8 Å². The van der Waals surface area contributed by atoms with Gasteiger partial charge in [0.05, 0.1) is 28.7 Å². The summed E-state index contributed by atoms with van der Waals surface area (Å²) in [5.41, 5.74) is 1.47. The molecule has 0 bridgehead atoms. The topological polar surface area (TPSA) is 84.3 Å². The zero-order valence-corrected chi connectivity index (χ0v) is 12.2. The van der Waals surface area contributed by atoms with E-state index in [0.717, 1.165) is 29.9 Å². The van der Waals surface area contributed by atoms with Crippen LogP contribution in [0.4, 0.5) is 11.6 Å². The molecular formula is C12H13BrN4O3. The summed E-state index contributed by atoms with van der Waals surface area (Å²) in [4.78, 5) is 20.1. The number of nitro groups is 1. The third-order valence-electron chi connectivity index (χ3n) is 3.27. The van der Waals surface area contributed by atoms with E-state index in [9.17, 15) is 10.1 Å². The number of aromatic amines is 1. The highest BCUT2D eigenvalue weighted by atomic mass is 79.9. The van der Waals surface area contributed by atoms with Gasteiger partial charge < -0.3 is 14.6 Å². The second-order valence-electron chi connectivity index (χ2n) is 4.61. The lowest BCUT2D eigenvalue weighted by Crippen LogP contribution is -2.43. The summed E-state index contributed by atoms with van der Waals surface area (Å²) < 4.78 is 5.58. The van der Waals surface area contributed by atoms with Crippen LogP contribution in [-0.2, 0) is 4.74 Å². The van der Waals surface area contributed by atoms with Crippen LogP contribution in [0.15, 0.2) is 18.2 Å². The van der Waals surface area contributed by atoms with Crippen LogP contribution in [0.3, 0.4) is 0 Å². The third-order valence-corrected chi connectivity index (χ3v) is 4.00. The van der Waals surface area contributed by atoms with Crippen molar-refractivity contribution < 1.29 is 9.66 Å². The molecule has 0 amide bonds. The predicted octanol–water partition coefficient (Wildman–Crippen LogP) is 2.07. The number of non-ortho nitro benzene ring substituents is 1. The molecule has 1 aliphatic rings. The van der Waals surface area contributed by atoms with Crippen LogP contribution in [0, 0.1) is 10.1 Å². The van der Waals surface area contributed by atoms with E-state index in [4.69, 9.17) is 4.74 Å². The van der Waals surface area contributed by atoms with Crippen LogP contribution in [0.2, 0.25) is 0 Å². The van der Waals surface area contributed by atoms with Gasteiger partial charge in [-0.15, -0.1) is 0 Å². The van der Waals surface area contributed by atoms with Gasteiger partial charge in [0.25, 0.3) is 5.69 Å². The van der Waals surface area contributed by atoms with Crippen LogP contribution >= 0.6 is 15.9 Å². The van der Waals surface area contributed by atoms with Gasteiger partial charge in [0, 0.05) is 30.6 Å². The Hall–Kier alpha value is -1.67. The minimum Gasteiger partial charge on any atom is -0.374 e. The number of morpholine rings is 1. The number of nitrogens with one attached hydrogen (secondary N) is 1. The molecule has 1 aromatic carbocycles. The Morgan fingerprint density at radius 2 is 2.45 bits per heavy atom. The standard InChI is InChI=1S/C12H13BrN4O3/c13-6-9-7-16(3-4-20-9)12-14-10-2-1-8(17(18)19)5-11(10)15-12/h1-2,5,9H,3-4,6-7H2,(H,14,15). The SMILES string of the molecule is O=[N+]([O-])c1ccc2nc(N3CCOC(CBr)C3)[nH]c2c1. The molecule has 2 heterocycles. The smallest absolute Gasteiger partial charge is 0.271 e. The maximum absolute atomic E-state index is 10.8. The fourth-order valence-corrected chi connectivity index (χ4v) is 2.64.